The van der Waals surface area contributed by atoms with E-state index in [4.69, 9.17) is 0 Å². The minimum Gasteiger partial charge on any atom is -0.321 e. The monoisotopic (exact) mass is 531 g/mol. The van der Waals surface area contributed by atoms with Crippen LogP contribution in [0.4, 0.5) is 11.4 Å². The zero-order valence-corrected chi connectivity index (χ0v) is 21.5. The third kappa shape index (κ3) is 7.23. The average Bonchev–Trinajstić information content (AvgIpc) is 2.96. The molecule has 0 spiro atoms. The lowest BCUT2D eigenvalue weighted by Crippen LogP contribution is -2.30. The summed E-state index contributed by atoms with van der Waals surface area (Å²) < 4.78 is 0. The van der Waals surface area contributed by atoms with Crippen molar-refractivity contribution in [3.63, 3.8) is 0 Å². The van der Waals surface area contributed by atoms with Gasteiger partial charge < -0.3 is 10.6 Å². The Morgan fingerprint density at radius 2 is 1.50 bits per heavy atom. The van der Waals surface area contributed by atoms with Crippen LogP contribution in [0, 0.1) is 17.0 Å². The topological polar surface area (TPSA) is 118 Å². The molecule has 8 heteroatoms. The number of nitro groups is 1. The molecule has 4 aromatic carbocycles. The number of hydrogen-bond donors (Lipinski definition) is 2. The highest BCUT2D eigenvalue weighted by molar-refractivity contribution is 6.11. The van der Waals surface area contributed by atoms with Crippen LogP contribution in [0.2, 0.25) is 0 Å². The van der Waals surface area contributed by atoms with Crippen LogP contribution >= 0.6 is 0 Å². The maximum absolute atomic E-state index is 13.2. The summed E-state index contributed by atoms with van der Waals surface area (Å²) in [4.78, 5) is 49.6. The van der Waals surface area contributed by atoms with Gasteiger partial charge in [0.2, 0.25) is 0 Å². The Morgan fingerprint density at radius 1 is 0.800 bits per heavy atom. The lowest BCUT2D eigenvalue weighted by Gasteiger charge is -2.12. The molecule has 0 aliphatic carbocycles. The maximum Gasteiger partial charge on any atom is 0.276 e. The summed E-state index contributed by atoms with van der Waals surface area (Å²) >= 11 is 0. The third-order valence-electron chi connectivity index (χ3n) is 5.86. The van der Waals surface area contributed by atoms with Gasteiger partial charge >= 0.3 is 0 Å². The van der Waals surface area contributed by atoms with Crippen molar-refractivity contribution in [2.45, 2.75) is 6.92 Å². The highest BCUT2D eigenvalue weighted by Crippen LogP contribution is 2.21. The number of hydrogen-bond acceptors (Lipinski definition) is 5. The molecule has 0 saturated carbocycles. The number of carbonyl (C=O) groups excluding carboxylic acids is 3. The minimum absolute atomic E-state index is 0.146. The second kappa shape index (κ2) is 12.7. The van der Waals surface area contributed by atoms with Gasteiger partial charge in [0, 0.05) is 22.9 Å². The van der Waals surface area contributed by atoms with Gasteiger partial charge in [-0.15, -0.1) is 0 Å². The molecular weight excluding hydrogens is 506 g/mol. The predicted octanol–water partition coefficient (Wildman–Crippen LogP) is 6.21. The summed E-state index contributed by atoms with van der Waals surface area (Å²) in [6.45, 7) is 1.97. The maximum atomic E-state index is 13.2. The second-order valence-corrected chi connectivity index (χ2v) is 8.84. The van der Waals surface area contributed by atoms with E-state index in [0.717, 1.165) is 11.1 Å². The number of para-hydroxylation sites is 1. The zero-order valence-electron chi connectivity index (χ0n) is 21.5. The molecule has 8 nitrogen and oxygen atoms in total. The molecule has 0 atom stereocenters. The first-order chi connectivity index (χ1) is 19.3. The summed E-state index contributed by atoms with van der Waals surface area (Å²) in [5, 5.41) is 16.7. The van der Waals surface area contributed by atoms with E-state index >= 15 is 0 Å². The molecule has 0 heterocycles. The predicted molar refractivity (Wildman–Crippen MR) is 155 cm³/mol. The number of aryl methyl sites for hydroxylation is 1. The fourth-order valence-corrected chi connectivity index (χ4v) is 3.83. The second-order valence-electron chi connectivity index (χ2n) is 8.84. The number of carbonyl (C=O) groups is 3. The van der Waals surface area contributed by atoms with Crippen LogP contribution < -0.4 is 10.6 Å². The molecule has 4 rings (SSSR count). The molecule has 0 aliphatic rings. The van der Waals surface area contributed by atoms with Crippen LogP contribution in [0.15, 0.2) is 115 Å². The van der Waals surface area contributed by atoms with Crippen LogP contribution in [-0.2, 0) is 4.79 Å². The number of nitrogens with zero attached hydrogens (tertiary/aromatic N) is 1. The molecule has 4 aromatic rings. The van der Waals surface area contributed by atoms with Gasteiger partial charge in [-0.05, 0) is 67.1 Å². The van der Waals surface area contributed by atoms with Crippen molar-refractivity contribution in [2.24, 2.45) is 0 Å². The smallest absolute Gasteiger partial charge is 0.276 e. The Kier molecular flexibility index (Phi) is 8.73. The van der Waals surface area contributed by atoms with Crippen LogP contribution in [0.3, 0.4) is 0 Å². The number of amides is 2. The summed E-state index contributed by atoms with van der Waals surface area (Å²) in [5.41, 5.74) is 2.84. The van der Waals surface area contributed by atoms with Gasteiger partial charge in [0.1, 0.15) is 5.70 Å². The van der Waals surface area contributed by atoms with Gasteiger partial charge in [-0.3, -0.25) is 24.5 Å². The Bertz CT molecular complexity index is 1620. The molecule has 0 aliphatic heterocycles. The Morgan fingerprint density at radius 3 is 2.20 bits per heavy atom. The number of anilines is 1. The van der Waals surface area contributed by atoms with E-state index in [1.807, 2.05) is 31.2 Å². The normalized spacial score (nSPS) is 11.2. The molecular formula is C32H25N3O5. The van der Waals surface area contributed by atoms with Crippen molar-refractivity contribution in [3.05, 3.63) is 153 Å². The molecule has 40 heavy (non-hydrogen) atoms. The van der Waals surface area contributed by atoms with Crippen molar-refractivity contribution < 1.29 is 19.3 Å². The lowest BCUT2D eigenvalue weighted by atomic mass is 10.1. The first-order valence-corrected chi connectivity index (χ1v) is 12.3. The van der Waals surface area contributed by atoms with E-state index in [-0.39, 0.29) is 22.7 Å². The van der Waals surface area contributed by atoms with Gasteiger partial charge in [0.25, 0.3) is 17.5 Å². The van der Waals surface area contributed by atoms with Gasteiger partial charge in [-0.2, -0.15) is 0 Å². The van der Waals surface area contributed by atoms with Crippen LogP contribution in [0.5, 0.6) is 0 Å². The number of nitro benzene ring substituents is 1. The van der Waals surface area contributed by atoms with E-state index in [0.29, 0.717) is 16.8 Å². The quantitative estimate of drug-likeness (QED) is 0.115. The van der Waals surface area contributed by atoms with Gasteiger partial charge in [-0.1, -0.05) is 66.2 Å². The number of benzene rings is 4. The van der Waals surface area contributed by atoms with E-state index in [1.54, 1.807) is 66.7 Å². The van der Waals surface area contributed by atoms with Crippen molar-refractivity contribution in [3.8, 4) is 0 Å². The van der Waals surface area contributed by atoms with E-state index < -0.39 is 16.7 Å². The van der Waals surface area contributed by atoms with E-state index in [9.17, 15) is 24.5 Å². The highest BCUT2D eigenvalue weighted by Gasteiger charge is 2.18. The van der Waals surface area contributed by atoms with E-state index in [2.05, 4.69) is 10.6 Å². The van der Waals surface area contributed by atoms with Crippen molar-refractivity contribution >= 4 is 41.1 Å². The van der Waals surface area contributed by atoms with Crippen LogP contribution in [-0.4, -0.2) is 22.5 Å². The molecule has 2 N–H and O–H groups in total. The first kappa shape index (κ1) is 27.4. The van der Waals surface area contributed by atoms with E-state index in [1.165, 1.54) is 30.4 Å². The molecule has 0 bridgehead atoms. The number of ketones is 1. The highest BCUT2D eigenvalue weighted by atomic mass is 16.6. The zero-order chi connectivity index (χ0) is 28.5. The Hall–Kier alpha value is -5.63. The van der Waals surface area contributed by atoms with Gasteiger partial charge in [0.05, 0.1) is 10.5 Å². The van der Waals surface area contributed by atoms with Crippen LogP contribution in [0.25, 0.3) is 12.2 Å². The minimum atomic E-state index is -0.694. The molecule has 2 amide bonds. The van der Waals surface area contributed by atoms with Gasteiger partial charge in [-0.25, -0.2) is 0 Å². The van der Waals surface area contributed by atoms with Crippen molar-refractivity contribution in [1.82, 2.24) is 5.32 Å². The number of nitrogens with one attached hydrogen (secondary N) is 2. The molecule has 0 aromatic heterocycles. The van der Waals surface area contributed by atoms with Crippen LogP contribution in [0.1, 0.15) is 37.4 Å². The summed E-state index contributed by atoms with van der Waals surface area (Å²) in [6, 6.07) is 28.2. The van der Waals surface area contributed by atoms with Crippen molar-refractivity contribution in [1.29, 1.82) is 0 Å². The third-order valence-corrected chi connectivity index (χ3v) is 5.86. The first-order valence-electron chi connectivity index (χ1n) is 12.3. The lowest BCUT2D eigenvalue weighted by molar-refractivity contribution is -0.385. The number of rotatable bonds is 9. The fraction of sp³-hybridized carbons (Fsp3) is 0.0312. The molecule has 0 saturated heterocycles. The standard InChI is InChI=1S/C32H25N3O5/c1-22-8-7-9-23(20-22)14-19-30(36)24-15-17-27(18-16-24)33-32(38)28(34-31(37)25-10-3-2-4-11-25)21-26-12-5-6-13-29(26)35(39)40/h2-21H,1H3,(H,33,38)(H,34,37)/b19-14+,28-21-. The van der Waals surface area contributed by atoms with Gasteiger partial charge in [0.15, 0.2) is 5.78 Å². The molecule has 0 fully saturated rings. The number of allylic oxidation sites excluding steroid dienone is 1. The summed E-state index contributed by atoms with van der Waals surface area (Å²) in [7, 11) is 0. The largest absolute Gasteiger partial charge is 0.321 e. The molecule has 0 unspecified atom stereocenters. The summed E-state index contributed by atoms with van der Waals surface area (Å²) in [6.07, 6.45) is 4.47. The fourth-order valence-electron chi connectivity index (χ4n) is 3.83. The average molecular weight is 532 g/mol. The van der Waals surface area contributed by atoms with Crippen molar-refractivity contribution in [2.75, 3.05) is 5.32 Å². The molecule has 198 valence electrons. The SMILES string of the molecule is Cc1cccc(/C=C/C(=O)c2ccc(NC(=O)/C(=C/c3ccccc3[N+](=O)[O-])NC(=O)c3ccccc3)cc2)c1. The Balaban J connectivity index is 1.54. The summed E-state index contributed by atoms with van der Waals surface area (Å²) in [5.74, 6) is -1.45. The Labute approximate surface area is 230 Å². The molecule has 0 radical (unpaired) electrons.